The van der Waals surface area contributed by atoms with Crippen LogP contribution in [0.15, 0.2) is 115 Å². The summed E-state index contributed by atoms with van der Waals surface area (Å²) in [5.41, 5.74) is 10.7. The Labute approximate surface area is 281 Å². The van der Waals surface area contributed by atoms with Gasteiger partial charge in [-0.2, -0.15) is 0 Å². The minimum absolute atomic E-state index is 0.0480. The molecule has 5 heteroatoms. The molecule has 47 heavy (non-hydrogen) atoms. The van der Waals surface area contributed by atoms with Crippen LogP contribution in [-0.4, -0.2) is 31.1 Å². The average Bonchev–Trinajstić information content (AvgIpc) is 3.30. The number of hydrogen-bond acceptors (Lipinski definition) is 3. The third kappa shape index (κ3) is 5.83. The molecule has 0 radical (unpaired) electrons. The van der Waals surface area contributed by atoms with Crippen molar-refractivity contribution in [3.63, 3.8) is 0 Å². The highest BCUT2D eigenvalue weighted by atomic mass is 28.3. The molecule has 234 valence electrons. The molecule has 0 saturated carbocycles. The lowest BCUT2D eigenvalue weighted by molar-refractivity contribution is 0.660. The van der Waals surface area contributed by atoms with Crippen LogP contribution in [0.4, 0.5) is 0 Å². The fourth-order valence-electron chi connectivity index (χ4n) is 6.72. The molecule has 1 aliphatic carbocycles. The Morgan fingerprint density at radius 3 is 1.40 bits per heavy atom. The van der Waals surface area contributed by atoms with Gasteiger partial charge in [0.15, 0.2) is 17.5 Å². The van der Waals surface area contributed by atoms with E-state index in [0.29, 0.717) is 17.5 Å². The molecule has 1 aromatic heterocycles. The molecular formula is C42H43N3Si2. The van der Waals surface area contributed by atoms with Crippen LogP contribution in [-0.2, 0) is 5.41 Å². The third-order valence-electron chi connectivity index (χ3n) is 9.69. The lowest BCUT2D eigenvalue weighted by atomic mass is 9.81. The Kier molecular flexibility index (Phi) is 7.53. The van der Waals surface area contributed by atoms with Crippen LogP contribution in [0.1, 0.15) is 25.0 Å². The van der Waals surface area contributed by atoms with Crippen LogP contribution in [0.5, 0.6) is 0 Å². The monoisotopic (exact) mass is 645 g/mol. The SMILES string of the molecule is CC1(C)c2ccccc2-c2ccc(-c3cccc(-c4nc(-c5ccc([Si](C)(C)C)cc5)nc(-c5ccc([Si](C)(C)C)cc5)n4)c3)cc21. The van der Waals surface area contributed by atoms with Gasteiger partial charge in [-0.05, 0) is 45.5 Å². The van der Waals surface area contributed by atoms with Gasteiger partial charge in [-0.15, -0.1) is 0 Å². The zero-order valence-electron chi connectivity index (χ0n) is 28.8. The van der Waals surface area contributed by atoms with Crippen molar-refractivity contribution in [1.82, 2.24) is 15.0 Å². The molecule has 5 aromatic carbocycles. The summed E-state index contributed by atoms with van der Waals surface area (Å²) in [6.07, 6.45) is 0. The fourth-order valence-corrected chi connectivity index (χ4v) is 9.06. The summed E-state index contributed by atoms with van der Waals surface area (Å²) in [5, 5.41) is 2.84. The van der Waals surface area contributed by atoms with Gasteiger partial charge in [-0.3, -0.25) is 0 Å². The Morgan fingerprint density at radius 1 is 0.404 bits per heavy atom. The molecule has 0 unspecified atom stereocenters. The summed E-state index contributed by atoms with van der Waals surface area (Å²) >= 11 is 0. The number of benzene rings is 5. The van der Waals surface area contributed by atoms with Gasteiger partial charge < -0.3 is 0 Å². The number of fused-ring (bicyclic) bond motifs is 3. The number of rotatable bonds is 6. The van der Waals surface area contributed by atoms with Gasteiger partial charge >= 0.3 is 0 Å². The first kappa shape index (κ1) is 31.2. The molecule has 0 saturated heterocycles. The molecule has 7 rings (SSSR count). The maximum atomic E-state index is 5.09. The average molecular weight is 646 g/mol. The van der Waals surface area contributed by atoms with E-state index in [-0.39, 0.29) is 5.41 Å². The van der Waals surface area contributed by atoms with E-state index in [1.807, 2.05) is 0 Å². The first-order chi connectivity index (χ1) is 22.3. The van der Waals surface area contributed by atoms with Gasteiger partial charge in [0, 0.05) is 22.1 Å². The Balaban J connectivity index is 1.32. The second kappa shape index (κ2) is 11.4. The molecule has 0 aliphatic heterocycles. The van der Waals surface area contributed by atoms with E-state index in [1.165, 1.54) is 38.2 Å². The molecule has 1 aliphatic rings. The molecule has 0 spiro atoms. The van der Waals surface area contributed by atoms with Crippen molar-refractivity contribution in [1.29, 1.82) is 0 Å². The zero-order chi connectivity index (χ0) is 33.1. The van der Waals surface area contributed by atoms with E-state index >= 15 is 0 Å². The fraction of sp³-hybridized carbons (Fsp3) is 0.214. The minimum Gasteiger partial charge on any atom is -0.208 e. The van der Waals surface area contributed by atoms with E-state index in [9.17, 15) is 0 Å². The number of aromatic nitrogens is 3. The van der Waals surface area contributed by atoms with Gasteiger partial charge in [-0.25, -0.2) is 15.0 Å². The van der Waals surface area contributed by atoms with Crippen molar-refractivity contribution < 1.29 is 0 Å². The van der Waals surface area contributed by atoms with E-state index in [4.69, 9.17) is 15.0 Å². The molecule has 6 aromatic rings. The third-order valence-corrected chi connectivity index (χ3v) is 13.8. The molecule has 0 amide bonds. The summed E-state index contributed by atoms with van der Waals surface area (Å²) in [5.74, 6) is 2.08. The molecular weight excluding hydrogens is 603 g/mol. The van der Waals surface area contributed by atoms with Crippen molar-refractivity contribution in [3.05, 3.63) is 126 Å². The van der Waals surface area contributed by atoms with Crippen LogP contribution in [0.3, 0.4) is 0 Å². The van der Waals surface area contributed by atoms with E-state index < -0.39 is 16.1 Å². The Morgan fingerprint density at radius 2 is 0.851 bits per heavy atom. The smallest absolute Gasteiger partial charge is 0.164 e. The van der Waals surface area contributed by atoms with Crippen LogP contribution in [0.25, 0.3) is 56.4 Å². The zero-order valence-corrected chi connectivity index (χ0v) is 30.8. The minimum atomic E-state index is -1.43. The predicted octanol–water partition coefficient (Wildman–Crippen LogP) is 9.94. The van der Waals surface area contributed by atoms with Crippen molar-refractivity contribution >= 4 is 26.5 Å². The van der Waals surface area contributed by atoms with Gasteiger partial charge in [0.25, 0.3) is 0 Å². The standard InChI is InChI=1S/C42H43N3Si2/c1-42(2)37-15-10-9-14-35(37)36-25-20-31(27-38(36)42)30-12-11-13-32(26-30)41-44-39(28-16-21-33(22-17-28)46(3,4)5)43-40(45-41)29-18-23-34(24-19-29)47(6,7)8/h9-27H,1-8H3. The molecule has 0 atom stereocenters. The molecule has 0 fully saturated rings. The van der Waals surface area contributed by atoms with Crippen molar-refractivity contribution in [3.8, 4) is 56.4 Å². The Hall–Kier alpha value is -4.46. The van der Waals surface area contributed by atoms with E-state index in [2.05, 4.69) is 168 Å². The maximum absolute atomic E-state index is 5.09. The highest BCUT2D eigenvalue weighted by molar-refractivity contribution is 6.89. The van der Waals surface area contributed by atoms with Crippen LogP contribution >= 0.6 is 0 Å². The van der Waals surface area contributed by atoms with Crippen LogP contribution < -0.4 is 10.4 Å². The number of nitrogens with zero attached hydrogens (tertiary/aromatic N) is 3. The first-order valence-corrected chi connectivity index (χ1v) is 23.6. The summed E-state index contributed by atoms with van der Waals surface area (Å²) in [6.45, 7) is 18.9. The Bertz CT molecular complexity index is 2040. The second-order valence-corrected chi connectivity index (χ2v) is 25.6. The molecule has 1 heterocycles. The number of hydrogen-bond donors (Lipinski definition) is 0. The second-order valence-electron chi connectivity index (χ2n) is 15.5. The van der Waals surface area contributed by atoms with E-state index in [1.54, 1.807) is 0 Å². The lowest BCUT2D eigenvalue weighted by Gasteiger charge is -2.22. The lowest BCUT2D eigenvalue weighted by Crippen LogP contribution is -2.37. The highest BCUT2D eigenvalue weighted by Crippen LogP contribution is 2.49. The van der Waals surface area contributed by atoms with Crippen molar-refractivity contribution in [2.75, 3.05) is 0 Å². The van der Waals surface area contributed by atoms with Crippen LogP contribution in [0, 0.1) is 0 Å². The van der Waals surface area contributed by atoms with E-state index in [0.717, 1.165) is 22.3 Å². The van der Waals surface area contributed by atoms with Gasteiger partial charge in [0.1, 0.15) is 0 Å². The largest absolute Gasteiger partial charge is 0.208 e. The topological polar surface area (TPSA) is 38.7 Å². The summed E-state index contributed by atoms with van der Waals surface area (Å²) in [7, 11) is -2.86. The predicted molar refractivity (Wildman–Crippen MR) is 205 cm³/mol. The van der Waals surface area contributed by atoms with Crippen molar-refractivity contribution in [2.45, 2.75) is 58.5 Å². The molecule has 0 N–H and O–H groups in total. The highest BCUT2D eigenvalue weighted by Gasteiger charge is 2.35. The van der Waals surface area contributed by atoms with Gasteiger partial charge in [-0.1, -0.05) is 167 Å². The molecule has 0 bridgehead atoms. The summed E-state index contributed by atoms with van der Waals surface area (Å²) in [6, 6.07) is 42.1. The summed E-state index contributed by atoms with van der Waals surface area (Å²) in [4.78, 5) is 15.2. The normalized spacial score (nSPS) is 13.7. The summed E-state index contributed by atoms with van der Waals surface area (Å²) < 4.78 is 0. The van der Waals surface area contributed by atoms with Crippen LogP contribution in [0.2, 0.25) is 39.3 Å². The van der Waals surface area contributed by atoms with Gasteiger partial charge in [0.2, 0.25) is 0 Å². The van der Waals surface area contributed by atoms with Gasteiger partial charge in [0.05, 0.1) is 16.1 Å². The van der Waals surface area contributed by atoms with Crippen molar-refractivity contribution in [2.24, 2.45) is 0 Å². The first-order valence-electron chi connectivity index (χ1n) is 16.6. The molecule has 3 nitrogen and oxygen atoms in total. The maximum Gasteiger partial charge on any atom is 0.164 e. The quantitative estimate of drug-likeness (QED) is 0.169.